The Morgan fingerprint density at radius 2 is 2.00 bits per heavy atom. The Morgan fingerprint density at radius 3 is 2.47 bits per heavy atom. The van der Waals surface area contributed by atoms with Crippen LogP contribution in [0.2, 0.25) is 0 Å². The van der Waals surface area contributed by atoms with Crippen molar-refractivity contribution < 1.29 is 9.90 Å². The Balaban J connectivity index is 3.03. The Kier molecular flexibility index (Phi) is 4.92. The van der Waals surface area contributed by atoms with Gasteiger partial charge in [0.1, 0.15) is 5.54 Å². The number of nitrogens with one attached hydrogen (secondary N) is 1. The quantitative estimate of drug-likeness (QED) is 0.356. The molecule has 1 aromatic carbocycles. The summed E-state index contributed by atoms with van der Waals surface area (Å²) in [5, 5.41) is 15.8. The van der Waals surface area contributed by atoms with Crippen LogP contribution in [0, 0.1) is 13.8 Å². The third-order valence-electron chi connectivity index (χ3n) is 2.98. The third kappa shape index (κ3) is 3.71. The molecule has 6 heteroatoms. The van der Waals surface area contributed by atoms with Crippen LogP contribution in [-0.4, -0.2) is 24.2 Å². The van der Waals surface area contributed by atoms with Gasteiger partial charge in [-0.3, -0.25) is 5.32 Å². The summed E-state index contributed by atoms with van der Waals surface area (Å²) in [6.07, 6.45) is 0. The van der Waals surface area contributed by atoms with E-state index in [1.54, 1.807) is 6.92 Å². The molecule has 1 atom stereocenters. The summed E-state index contributed by atoms with van der Waals surface area (Å²) in [5.74, 6) is -0.960. The summed E-state index contributed by atoms with van der Waals surface area (Å²) in [6, 6.07) is 5.69. The molecule has 19 heavy (non-hydrogen) atoms. The van der Waals surface area contributed by atoms with E-state index in [9.17, 15) is 9.90 Å². The molecule has 0 aliphatic carbocycles. The molecule has 0 fully saturated rings. The van der Waals surface area contributed by atoms with Gasteiger partial charge in [0.05, 0.1) is 0 Å². The number of nitrogens with zero attached hydrogens (tertiary/aromatic N) is 3. The Bertz CT molecular complexity index is 503. The molecular weight excluding hydrogens is 244 g/mol. The van der Waals surface area contributed by atoms with Crippen molar-refractivity contribution in [2.24, 2.45) is 5.11 Å². The van der Waals surface area contributed by atoms with Crippen molar-refractivity contribution in [3.8, 4) is 0 Å². The maximum Gasteiger partial charge on any atom is 0.328 e. The molecule has 0 radical (unpaired) electrons. The highest BCUT2D eigenvalue weighted by Gasteiger charge is 2.34. The monoisotopic (exact) mass is 262 g/mol. The lowest BCUT2D eigenvalue weighted by atomic mass is 9.89. The summed E-state index contributed by atoms with van der Waals surface area (Å²) in [6.45, 7) is 5.99. The predicted octanol–water partition coefficient (Wildman–Crippen LogP) is 2.50. The highest BCUT2D eigenvalue weighted by Crippen LogP contribution is 2.23. The molecule has 0 amide bonds. The first-order chi connectivity index (χ1) is 8.90. The largest absolute Gasteiger partial charge is 0.480 e. The number of carbonyl (C=O) groups is 1. The van der Waals surface area contributed by atoms with Gasteiger partial charge in [-0.05, 0) is 31.9 Å². The van der Waals surface area contributed by atoms with Crippen LogP contribution < -0.4 is 5.32 Å². The molecule has 0 bridgehead atoms. The molecule has 102 valence electrons. The molecule has 0 spiro atoms. The van der Waals surface area contributed by atoms with Crippen molar-refractivity contribution in [3.63, 3.8) is 0 Å². The van der Waals surface area contributed by atoms with Crippen LogP contribution >= 0.6 is 0 Å². The number of aliphatic carboxylic acids is 1. The second-order valence-electron chi connectivity index (χ2n) is 4.69. The molecule has 1 unspecified atom stereocenters. The van der Waals surface area contributed by atoms with E-state index in [0.717, 1.165) is 11.1 Å². The lowest BCUT2D eigenvalue weighted by Gasteiger charge is -2.27. The van der Waals surface area contributed by atoms with Gasteiger partial charge in [0.25, 0.3) is 0 Å². The summed E-state index contributed by atoms with van der Waals surface area (Å²) < 4.78 is 0. The van der Waals surface area contributed by atoms with Crippen LogP contribution in [0.15, 0.2) is 23.3 Å². The number of hydrogen-bond donors (Lipinski definition) is 2. The summed E-state index contributed by atoms with van der Waals surface area (Å²) in [5.41, 5.74) is 9.74. The van der Waals surface area contributed by atoms with E-state index in [4.69, 9.17) is 5.53 Å². The zero-order valence-corrected chi connectivity index (χ0v) is 11.3. The molecule has 0 saturated heterocycles. The number of hydrogen-bond acceptors (Lipinski definition) is 3. The fraction of sp³-hybridized carbons (Fsp3) is 0.462. The fourth-order valence-corrected chi connectivity index (χ4v) is 1.97. The van der Waals surface area contributed by atoms with Gasteiger partial charge in [-0.2, -0.15) is 0 Å². The van der Waals surface area contributed by atoms with Gasteiger partial charge < -0.3 is 5.11 Å². The third-order valence-corrected chi connectivity index (χ3v) is 2.98. The average molecular weight is 262 g/mol. The molecule has 0 saturated carbocycles. The minimum Gasteiger partial charge on any atom is -0.480 e. The zero-order chi connectivity index (χ0) is 14.5. The maximum atomic E-state index is 11.5. The molecular formula is C13H18N4O2. The van der Waals surface area contributed by atoms with E-state index < -0.39 is 11.5 Å². The maximum absolute atomic E-state index is 11.5. The van der Waals surface area contributed by atoms with E-state index >= 15 is 0 Å². The van der Waals surface area contributed by atoms with E-state index in [1.165, 1.54) is 0 Å². The Labute approximate surface area is 112 Å². The van der Waals surface area contributed by atoms with E-state index in [0.29, 0.717) is 12.1 Å². The molecule has 0 aliphatic heterocycles. The second kappa shape index (κ2) is 6.22. The van der Waals surface area contributed by atoms with E-state index in [-0.39, 0.29) is 6.54 Å². The topological polar surface area (TPSA) is 98.1 Å². The van der Waals surface area contributed by atoms with E-state index in [2.05, 4.69) is 15.3 Å². The van der Waals surface area contributed by atoms with Crippen LogP contribution in [0.25, 0.3) is 10.4 Å². The lowest BCUT2D eigenvalue weighted by molar-refractivity contribution is -0.144. The summed E-state index contributed by atoms with van der Waals surface area (Å²) in [7, 11) is 0. The van der Waals surface area contributed by atoms with E-state index in [1.807, 2.05) is 32.0 Å². The van der Waals surface area contributed by atoms with Crippen molar-refractivity contribution in [1.29, 1.82) is 0 Å². The number of azide groups is 1. The van der Waals surface area contributed by atoms with Crippen molar-refractivity contribution in [3.05, 3.63) is 45.3 Å². The van der Waals surface area contributed by atoms with Crippen molar-refractivity contribution in [2.75, 3.05) is 13.1 Å². The highest BCUT2D eigenvalue weighted by atomic mass is 16.4. The zero-order valence-electron chi connectivity index (χ0n) is 11.3. The molecule has 1 rings (SSSR count). The van der Waals surface area contributed by atoms with Crippen LogP contribution in [0.5, 0.6) is 0 Å². The van der Waals surface area contributed by atoms with Crippen LogP contribution in [0.1, 0.15) is 23.6 Å². The molecule has 0 heterocycles. The normalized spacial score (nSPS) is 13.4. The van der Waals surface area contributed by atoms with Gasteiger partial charge in [-0.25, -0.2) is 4.79 Å². The van der Waals surface area contributed by atoms with Crippen LogP contribution in [0.4, 0.5) is 0 Å². The highest BCUT2D eigenvalue weighted by molar-refractivity contribution is 5.80. The number of carboxylic acids is 1. The Hall–Kier alpha value is -2.04. The molecule has 1 aromatic rings. The standard InChI is InChI=1S/C13H18N4O2/c1-9-6-10(2)8-11(7-9)13(3,12(18)19)15-4-5-16-17-14/h6-8,15H,4-5H2,1-3H3,(H,18,19). The van der Waals surface area contributed by atoms with Gasteiger partial charge in [-0.1, -0.05) is 34.4 Å². The molecule has 0 aliphatic rings. The summed E-state index contributed by atoms with van der Waals surface area (Å²) in [4.78, 5) is 14.2. The molecule has 2 N–H and O–H groups in total. The smallest absolute Gasteiger partial charge is 0.328 e. The minimum absolute atomic E-state index is 0.212. The van der Waals surface area contributed by atoms with Crippen LogP contribution in [0.3, 0.4) is 0 Å². The predicted molar refractivity (Wildman–Crippen MR) is 72.9 cm³/mol. The first-order valence-electron chi connectivity index (χ1n) is 5.98. The van der Waals surface area contributed by atoms with Gasteiger partial charge in [-0.15, -0.1) is 0 Å². The number of carboxylic acid groups (broad SMARTS) is 1. The fourth-order valence-electron chi connectivity index (χ4n) is 1.97. The lowest BCUT2D eigenvalue weighted by Crippen LogP contribution is -2.47. The number of rotatable bonds is 6. The number of benzene rings is 1. The van der Waals surface area contributed by atoms with Crippen LogP contribution in [-0.2, 0) is 10.3 Å². The summed E-state index contributed by atoms with van der Waals surface area (Å²) >= 11 is 0. The van der Waals surface area contributed by atoms with Gasteiger partial charge in [0.2, 0.25) is 0 Å². The number of aryl methyl sites for hydroxylation is 2. The Morgan fingerprint density at radius 1 is 1.42 bits per heavy atom. The van der Waals surface area contributed by atoms with Gasteiger partial charge >= 0.3 is 5.97 Å². The SMILES string of the molecule is Cc1cc(C)cc(C(C)(NCCN=[N+]=[N-])C(=O)O)c1. The van der Waals surface area contributed by atoms with Crippen molar-refractivity contribution in [2.45, 2.75) is 26.3 Å². The first kappa shape index (κ1) is 15.0. The second-order valence-corrected chi connectivity index (χ2v) is 4.69. The average Bonchev–Trinajstić information content (AvgIpc) is 2.33. The first-order valence-corrected chi connectivity index (χ1v) is 5.98. The van der Waals surface area contributed by atoms with Crippen molar-refractivity contribution >= 4 is 5.97 Å². The molecule has 0 aromatic heterocycles. The minimum atomic E-state index is -1.19. The molecule has 6 nitrogen and oxygen atoms in total. The van der Waals surface area contributed by atoms with Gasteiger partial charge in [0, 0.05) is 18.0 Å². The van der Waals surface area contributed by atoms with Gasteiger partial charge in [0.15, 0.2) is 0 Å². The van der Waals surface area contributed by atoms with Crippen molar-refractivity contribution in [1.82, 2.24) is 5.32 Å².